The van der Waals surface area contributed by atoms with Gasteiger partial charge in [0.2, 0.25) is 0 Å². The quantitative estimate of drug-likeness (QED) is 0.662. The lowest BCUT2D eigenvalue weighted by atomic mass is 10.1. The second kappa shape index (κ2) is 8.31. The summed E-state index contributed by atoms with van der Waals surface area (Å²) in [5.41, 5.74) is 1.27. The summed E-state index contributed by atoms with van der Waals surface area (Å²) >= 11 is 0. The second-order valence-electron chi connectivity index (χ2n) is 4.27. The number of rotatable bonds is 8. The number of hydrogen-bond acceptors (Lipinski definition) is 2. The van der Waals surface area contributed by atoms with Gasteiger partial charge in [0.25, 0.3) is 0 Å². The third kappa shape index (κ3) is 5.89. The average Bonchev–Trinajstić information content (AvgIpc) is 2.31. The van der Waals surface area contributed by atoms with Crippen molar-refractivity contribution in [2.45, 2.75) is 45.3 Å². The number of hydrogen-bond donors (Lipinski definition) is 2. The van der Waals surface area contributed by atoms with E-state index >= 15 is 0 Å². The first-order valence-electron chi connectivity index (χ1n) is 6.25. The van der Waals surface area contributed by atoms with Gasteiger partial charge in [0.05, 0.1) is 6.10 Å². The van der Waals surface area contributed by atoms with Crippen molar-refractivity contribution in [3.05, 3.63) is 35.9 Å². The third-order valence-electron chi connectivity index (χ3n) is 2.69. The van der Waals surface area contributed by atoms with Crippen LogP contribution in [0.15, 0.2) is 30.3 Å². The second-order valence-corrected chi connectivity index (χ2v) is 4.27. The van der Waals surface area contributed by atoms with E-state index < -0.39 is 0 Å². The molecule has 0 aromatic heterocycles. The van der Waals surface area contributed by atoms with Crippen LogP contribution in [0.3, 0.4) is 0 Å². The Bertz CT molecular complexity index is 261. The van der Waals surface area contributed by atoms with Crippen molar-refractivity contribution in [1.29, 1.82) is 0 Å². The van der Waals surface area contributed by atoms with Gasteiger partial charge in [-0.2, -0.15) is 0 Å². The largest absolute Gasteiger partial charge is 0.392 e. The van der Waals surface area contributed by atoms with E-state index in [1.807, 2.05) is 18.2 Å². The minimum absolute atomic E-state index is 0.199. The maximum absolute atomic E-state index is 9.69. The molecule has 2 nitrogen and oxygen atoms in total. The van der Waals surface area contributed by atoms with Gasteiger partial charge in [-0.15, -0.1) is 0 Å². The molecule has 0 aliphatic heterocycles. The van der Waals surface area contributed by atoms with Crippen molar-refractivity contribution in [2.75, 3.05) is 6.54 Å². The van der Waals surface area contributed by atoms with Crippen LogP contribution in [0.4, 0.5) is 0 Å². The Morgan fingerprint density at radius 3 is 2.62 bits per heavy atom. The lowest BCUT2D eigenvalue weighted by molar-refractivity contribution is 0.158. The van der Waals surface area contributed by atoms with Crippen LogP contribution in [0, 0.1) is 0 Å². The molecule has 0 spiro atoms. The van der Waals surface area contributed by atoms with E-state index in [1.54, 1.807) is 0 Å². The summed E-state index contributed by atoms with van der Waals surface area (Å²) in [4.78, 5) is 0. The van der Waals surface area contributed by atoms with Gasteiger partial charge < -0.3 is 10.4 Å². The van der Waals surface area contributed by atoms with Crippen LogP contribution in [0.5, 0.6) is 0 Å². The summed E-state index contributed by atoms with van der Waals surface area (Å²) in [5, 5.41) is 13.0. The summed E-state index contributed by atoms with van der Waals surface area (Å²) in [6.07, 6.45) is 4.27. The van der Waals surface area contributed by atoms with Crippen LogP contribution in [-0.4, -0.2) is 17.8 Å². The van der Waals surface area contributed by atoms with Gasteiger partial charge in [0, 0.05) is 13.1 Å². The standard InChI is InChI=1S/C14H23NO/c1-2-3-5-10-14(16)12-15-11-13-8-6-4-7-9-13/h4,6-9,14-16H,2-3,5,10-12H2,1H3. The topological polar surface area (TPSA) is 32.3 Å². The average molecular weight is 221 g/mol. The molecule has 0 fully saturated rings. The van der Waals surface area contributed by atoms with E-state index in [0.29, 0.717) is 6.54 Å². The first kappa shape index (κ1) is 13.2. The predicted molar refractivity (Wildman–Crippen MR) is 68.3 cm³/mol. The molecule has 0 aliphatic rings. The molecule has 1 aromatic carbocycles. The lowest BCUT2D eigenvalue weighted by Gasteiger charge is -2.11. The smallest absolute Gasteiger partial charge is 0.0664 e. The molecule has 0 bridgehead atoms. The molecule has 0 amide bonds. The Hall–Kier alpha value is -0.860. The van der Waals surface area contributed by atoms with E-state index in [-0.39, 0.29) is 6.10 Å². The molecule has 0 saturated carbocycles. The van der Waals surface area contributed by atoms with E-state index in [4.69, 9.17) is 0 Å². The fourth-order valence-electron chi connectivity index (χ4n) is 1.71. The summed E-state index contributed by atoms with van der Waals surface area (Å²) in [6.45, 7) is 3.71. The summed E-state index contributed by atoms with van der Waals surface area (Å²) in [7, 11) is 0. The van der Waals surface area contributed by atoms with Crippen LogP contribution in [-0.2, 0) is 6.54 Å². The minimum Gasteiger partial charge on any atom is -0.392 e. The first-order valence-corrected chi connectivity index (χ1v) is 6.25. The van der Waals surface area contributed by atoms with E-state index in [9.17, 15) is 5.11 Å². The fourth-order valence-corrected chi connectivity index (χ4v) is 1.71. The third-order valence-corrected chi connectivity index (χ3v) is 2.69. The molecule has 0 radical (unpaired) electrons. The maximum atomic E-state index is 9.69. The van der Waals surface area contributed by atoms with Gasteiger partial charge >= 0.3 is 0 Å². The zero-order valence-corrected chi connectivity index (χ0v) is 10.2. The molecular formula is C14H23NO. The zero-order chi connectivity index (χ0) is 11.6. The molecule has 1 aromatic rings. The fraction of sp³-hybridized carbons (Fsp3) is 0.571. The first-order chi connectivity index (χ1) is 7.83. The Balaban J connectivity index is 2.06. The maximum Gasteiger partial charge on any atom is 0.0664 e. The van der Waals surface area contributed by atoms with Crippen molar-refractivity contribution >= 4 is 0 Å². The van der Waals surface area contributed by atoms with Crippen molar-refractivity contribution in [1.82, 2.24) is 5.32 Å². The molecule has 90 valence electrons. The number of aliphatic hydroxyl groups is 1. The van der Waals surface area contributed by atoms with Crippen molar-refractivity contribution in [3.8, 4) is 0 Å². The van der Waals surface area contributed by atoms with E-state index in [2.05, 4.69) is 24.4 Å². The molecule has 0 aliphatic carbocycles. The Morgan fingerprint density at radius 2 is 1.94 bits per heavy atom. The van der Waals surface area contributed by atoms with Gasteiger partial charge in [0.1, 0.15) is 0 Å². The predicted octanol–water partition coefficient (Wildman–Crippen LogP) is 2.72. The number of unbranched alkanes of at least 4 members (excludes halogenated alkanes) is 2. The van der Waals surface area contributed by atoms with Gasteiger partial charge in [-0.3, -0.25) is 0 Å². The number of nitrogens with one attached hydrogen (secondary N) is 1. The lowest BCUT2D eigenvalue weighted by Crippen LogP contribution is -2.26. The highest BCUT2D eigenvalue weighted by molar-refractivity contribution is 5.14. The van der Waals surface area contributed by atoms with Gasteiger partial charge in [-0.1, -0.05) is 56.5 Å². The SMILES string of the molecule is CCCCCC(O)CNCc1ccccc1. The summed E-state index contributed by atoms with van der Waals surface area (Å²) in [6, 6.07) is 10.3. The van der Waals surface area contributed by atoms with Gasteiger partial charge in [-0.05, 0) is 12.0 Å². The normalized spacial score (nSPS) is 12.6. The van der Waals surface area contributed by atoms with Crippen molar-refractivity contribution in [2.24, 2.45) is 0 Å². The van der Waals surface area contributed by atoms with Crippen molar-refractivity contribution < 1.29 is 5.11 Å². The number of benzene rings is 1. The molecule has 1 atom stereocenters. The zero-order valence-electron chi connectivity index (χ0n) is 10.2. The highest BCUT2D eigenvalue weighted by Crippen LogP contribution is 2.03. The van der Waals surface area contributed by atoms with Crippen LogP contribution < -0.4 is 5.32 Å². The van der Waals surface area contributed by atoms with Gasteiger partial charge in [-0.25, -0.2) is 0 Å². The summed E-state index contributed by atoms with van der Waals surface area (Å²) in [5.74, 6) is 0. The monoisotopic (exact) mass is 221 g/mol. The van der Waals surface area contributed by atoms with Crippen LogP contribution >= 0.6 is 0 Å². The van der Waals surface area contributed by atoms with Gasteiger partial charge in [0.15, 0.2) is 0 Å². The molecule has 1 rings (SSSR count). The Morgan fingerprint density at radius 1 is 1.19 bits per heavy atom. The molecule has 0 saturated heterocycles. The molecule has 2 heteroatoms. The van der Waals surface area contributed by atoms with Crippen LogP contribution in [0.2, 0.25) is 0 Å². The summed E-state index contributed by atoms with van der Waals surface area (Å²) < 4.78 is 0. The molecule has 0 heterocycles. The van der Waals surface area contributed by atoms with E-state index in [1.165, 1.54) is 18.4 Å². The van der Waals surface area contributed by atoms with Crippen LogP contribution in [0.1, 0.15) is 38.2 Å². The van der Waals surface area contributed by atoms with Crippen LogP contribution in [0.25, 0.3) is 0 Å². The van der Waals surface area contributed by atoms with E-state index in [0.717, 1.165) is 19.4 Å². The molecule has 2 N–H and O–H groups in total. The Kier molecular flexibility index (Phi) is 6.86. The molecular weight excluding hydrogens is 198 g/mol. The molecule has 1 unspecified atom stereocenters. The Labute approximate surface area is 98.7 Å². The highest BCUT2D eigenvalue weighted by Gasteiger charge is 2.02. The molecule has 16 heavy (non-hydrogen) atoms. The van der Waals surface area contributed by atoms with Crippen molar-refractivity contribution in [3.63, 3.8) is 0 Å². The number of aliphatic hydroxyl groups excluding tert-OH is 1. The highest BCUT2D eigenvalue weighted by atomic mass is 16.3. The minimum atomic E-state index is -0.199.